The van der Waals surface area contributed by atoms with E-state index in [0.717, 1.165) is 0 Å². The third kappa shape index (κ3) is 4.67. The Bertz CT molecular complexity index is 733. The molecule has 0 heterocycles. The van der Waals surface area contributed by atoms with Gasteiger partial charge < -0.3 is 14.6 Å². The number of alkyl halides is 2. The van der Waals surface area contributed by atoms with Crippen molar-refractivity contribution in [3.05, 3.63) is 53.6 Å². The summed E-state index contributed by atoms with van der Waals surface area (Å²) in [4.78, 5) is 11.8. The predicted octanol–water partition coefficient (Wildman–Crippen LogP) is 2.77. The smallest absolute Gasteiger partial charge is 0.387 e. The molecule has 24 heavy (non-hydrogen) atoms. The van der Waals surface area contributed by atoms with Crippen LogP contribution in [-0.4, -0.2) is 30.9 Å². The Balaban J connectivity index is 2.05. The van der Waals surface area contributed by atoms with Crippen LogP contribution in [-0.2, 0) is 0 Å². The maximum atomic E-state index is 12.4. The van der Waals surface area contributed by atoms with Crippen LogP contribution in [0.5, 0.6) is 17.2 Å². The average Bonchev–Trinajstić information content (AvgIpc) is 2.55. The maximum absolute atomic E-state index is 12.4. The second kappa shape index (κ2) is 7.91. The van der Waals surface area contributed by atoms with Gasteiger partial charge in [-0.2, -0.15) is 13.9 Å². The van der Waals surface area contributed by atoms with Crippen molar-refractivity contribution in [3.63, 3.8) is 0 Å². The normalized spacial score (nSPS) is 10.8. The van der Waals surface area contributed by atoms with E-state index in [1.165, 1.54) is 49.7 Å². The van der Waals surface area contributed by atoms with Crippen LogP contribution in [0.2, 0.25) is 0 Å². The van der Waals surface area contributed by atoms with E-state index in [1.807, 2.05) is 0 Å². The Morgan fingerprint density at radius 1 is 1.21 bits per heavy atom. The van der Waals surface area contributed by atoms with Crippen LogP contribution < -0.4 is 14.9 Å². The fraction of sp³-hybridized carbons (Fsp3) is 0.125. The zero-order valence-electron chi connectivity index (χ0n) is 12.6. The highest BCUT2D eigenvalue weighted by Gasteiger charge is 2.10. The molecule has 0 aromatic heterocycles. The molecule has 2 rings (SSSR count). The van der Waals surface area contributed by atoms with Crippen LogP contribution >= 0.6 is 0 Å². The number of rotatable bonds is 6. The second-order valence-electron chi connectivity index (χ2n) is 4.53. The molecule has 0 spiro atoms. The lowest BCUT2D eigenvalue weighted by atomic mass is 10.2. The van der Waals surface area contributed by atoms with Crippen molar-refractivity contribution >= 4 is 12.1 Å². The van der Waals surface area contributed by atoms with Gasteiger partial charge in [0.25, 0.3) is 5.91 Å². The summed E-state index contributed by atoms with van der Waals surface area (Å²) in [6.07, 6.45) is 1.27. The Morgan fingerprint density at radius 3 is 2.54 bits per heavy atom. The third-order valence-electron chi connectivity index (χ3n) is 2.91. The molecular weight excluding hydrogens is 322 g/mol. The van der Waals surface area contributed by atoms with Gasteiger partial charge in [-0.15, -0.1) is 0 Å². The van der Waals surface area contributed by atoms with Crippen LogP contribution in [0.4, 0.5) is 8.78 Å². The molecule has 0 unspecified atom stereocenters. The minimum atomic E-state index is -2.99. The lowest BCUT2D eigenvalue weighted by Gasteiger charge is -2.10. The van der Waals surface area contributed by atoms with Gasteiger partial charge in [0.2, 0.25) is 0 Å². The van der Waals surface area contributed by atoms with Gasteiger partial charge in [0.15, 0.2) is 11.5 Å². The maximum Gasteiger partial charge on any atom is 0.387 e. The molecule has 0 aliphatic rings. The minimum absolute atomic E-state index is 0.0415. The lowest BCUT2D eigenvalue weighted by Crippen LogP contribution is -2.17. The topological polar surface area (TPSA) is 80.2 Å². The molecule has 1 amide bonds. The van der Waals surface area contributed by atoms with Crippen molar-refractivity contribution in [2.24, 2.45) is 5.10 Å². The number of halogens is 2. The number of phenolic OH excluding ortho intramolecular Hbond substituents is 1. The first kappa shape index (κ1) is 17.2. The number of nitrogens with zero attached hydrogens (tertiary/aromatic N) is 1. The number of hydrogen-bond donors (Lipinski definition) is 2. The molecular formula is C16H14F2N2O4. The molecule has 6 nitrogen and oxygen atoms in total. The average molecular weight is 336 g/mol. The van der Waals surface area contributed by atoms with Crippen LogP contribution in [0, 0.1) is 0 Å². The van der Waals surface area contributed by atoms with Gasteiger partial charge in [-0.25, -0.2) is 5.43 Å². The first-order chi connectivity index (χ1) is 11.5. The number of aromatic hydroxyl groups is 1. The van der Waals surface area contributed by atoms with Gasteiger partial charge in [0.05, 0.1) is 13.3 Å². The van der Waals surface area contributed by atoms with Crippen LogP contribution in [0.15, 0.2) is 47.6 Å². The van der Waals surface area contributed by atoms with Gasteiger partial charge >= 0.3 is 6.61 Å². The molecule has 0 radical (unpaired) electrons. The molecule has 0 fully saturated rings. The van der Waals surface area contributed by atoms with E-state index in [4.69, 9.17) is 9.84 Å². The summed E-state index contributed by atoms with van der Waals surface area (Å²) in [5.41, 5.74) is 3.02. The quantitative estimate of drug-likeness (QED) is 0.628. The number of phenols is 1. The molecule has 0 aliphatic carbocycles. The molecule has 0 saturated carbocycles. The van der Waals surface area contributed by atoms with E-state index in [1.54, 1.807) is 6.07 Å². The summed E-state index contributed by atoms with van der Waals surface area (Å²) in [5.74, 6) is -0.425. The van der Waals surface area contributed by atoms with Gasteiger partial charge in [-0.1, -0.05) is 0 Å². The highest BCUT2D eigenvalue weighted by atomic mass is 19.3. The predicted molar refractivity (Wildman–Crippen MR) is 82.8 cm³/mol. The van der Waals surface area contributed by atoms with Gasteiger partial charge in [0.1, 0.15) is 5.75 Å². The molecule has 2 N–H and O–H groups in total. The third-order valence-corrected chi connectivity index (χ3v) is 2.91. The van der Waals surface area contributed by atoms with Gasteiger partial charge in [-0.3, -0.25) is 4.79 Å². The van der Waals surface area contributed by atoms with Gasteiger partial charge in [-0.05, 0) is 48.0 Å². The first-order valence-corrected chi connectivity index (χ1v) is 6.75. The van der Waals surface area contributed by atoms with Crippen LogP contribution in [0.1, 0.15) is 15.9 Å². The molecule has 126 valence electrons. The molecule has 2 aromatic carbocycles. The highest BCUT2D eigenvalue weighted by molar-refractivity contribution is 5.95. The fourth-order valence-electron chi connectivity index (χ4n) is 1.80. The first-order valence-electron chi connectivity index (χ1n) is 6.75. The number of ether oxygens (including phenoxy) is 2. The van der Waals surface area contributed by atoms with Crippen molar-refractivity contribution in [2.45, 2.75) is 6.61 Å². The lowest BCUT2D eigenvalue weighted by molar-refractivity contribution is -0.0512. The number of benzene rings is 2. The molecule has 8 heteroatoms. The summed E-state index contributed by atoms with van der Waals surface area (Å²) >= 11 is 0. The minimum Gasteiger partial charge on any atom is -0.508 e. The Hall–Kier alpha value is -3.16. The molecule has 2 aromatic rings. The van der Waals surface area contributed by atoms with Crippen LogP contribution in [0.3, 0.4) is 0 Å². The summed E-state index contributed by atoms with van der Waals surface area (Å²) < 4.78 is 34.0. The van der Waals surface area contributed by atoms with Crippen molar-refractivity contribution in [1.29, 1.82) is 0 Å². The number of carbonyl (C=O) groups excluding carboxylic acids is 1. The number of nitrogens with one attached hydrogen (secondary N) is 1. The van der Waals surface area contributed by atoms with Crippen molar-refractivity contribution in [2.75, 3.05) is 7.11 Å². The van der Waals surface area contributed by atoms with E-state index in [9.17, 15) is 13.6 Å². The zero-order valence-corrected chi connectivity index (χ0v) is 12.6. The summed E-state index contributed by atoms with van der Waals surface area (Å²) in [5, 5.41) is 12.9. The number of hydrazone groups is 1. The Labute approximate surface area is 136 Å². The number of hydrogen-bond acceptors (Lipinski definition) is 5. The SMILES string of the molecule is COc1ccc(/C=N\NC(=O)c2ccc(O)cc2)cc1OC(F)F. The van der Waals surface area contributed by atoms with Crippen molar-refractivity contribution < 1.29 is 28.2 Å². The van der Waals surface area contributed by atoms with Crippen molar-refractivity contribution in [3.8, 4) is 17.2 Å². The molecule has 0 aliphatic heterocycles. The van der Waals surface area contributed by atoms with E-state index in [0.29, 0.717) is 11.1 Å². The summed E-state index contributed by atoms with van der Waals surface area (Å²) in [6, 6.07) is 9.92. The number of amides is 1. The fourth-order valence-corrected chi connectivity index (χ4v) is 1.80. The molecule has 0 atom stereocenters. The summed E-state index contributed by atoms with van der Waals surface area (Å²) in [7, 11) is 1.33. The van der Waals surface area contributed by atoms with Crippen molar-refractivity contribution in [1.82, 2.24) is 5.43 Å². The van der Waals surface area contributed by atoms with E-state index < -0.39 is 12.5 Å². The highest BCUT2D eigenvalue weighted by Crippen LogP contribution is 2.28. The van der Waals surface area contributed by atoms with Crippen LogP contribution in [0.25, 0.3) is 0 Å². The number of carbonyl (C=O) groups is 1. The molecule has 0 bridgehead atoms. The number of methoxy groups -OCH3 is 1. The Morgan fingerprint density at radius 2 is 1.92 bits per heavy atom. The largest absolute Gasteiger partial charge is 0.508 e. The standard InChI is InChI=1S/C16H14F2N2O4/c1-23-13-7-2-10(8-14(13)24-16(17)18)9-19-20-15(22)11-3-5-12(21)6-4-11/h2-9,16,21H,1H3,(H,20,22)/b19-9-. The van der Waals surface area contributed by atoms with E-state index >= 15 is 0 Å². The summed E-state index contributed by atoms with van der Waals surface area (Å²) in [6.45, 7) is -2.99. The van der Waals surface area contributed by atoms with Gasteiger partial charge in [0, 0.05) is 5.56 Å². The Kier molecular flexibility index (Phi) is 5.67. The second-order valence-corrected chi connectivity index (χ2v) is 4.53. The van der Waals surface area contributed by atoms with E-state index in [2.05, 4.69) is 15.3 Å². The van der Waals surface area contributed by atoms with E-state index in [-0.39, 0.29) is 17.2 Å². The monoisotopic (exact) mass is 336 g/mol. The molecule has 0 saturated heterocycles. The zero-order chi connectivity index (χ0) is 17.5.